The van der Waals surface area contributed by atoms with Gasteiger partial charge in [-0.05, 0) is 31.0 Å². The SMILES string of the molecule is CCCCC(CCC)NS(=O)(=O)c1cc(N)cc(F)c1. The van der Waals surface area contributed by atoms with Gasteiger partial charge < -0.3 is 5.73 Å². The van der Waals surface area contributed by atoms with E-state index in [1.165, 1.54) is 6.07 Å². The molecule has 0 amide bonds. The molecule has 1 rings (SSSR count). The zero-order valence-electron chi connectivity index (χ0n) is 12.0. The fraction of sp³-hybridized carbons (Fsp3) is 0.571. The molecule has 0 saturated heterocycles. The van der Waals surface area contributed by atoms with Gasteiger partial charge in [0.25, 0.3) is 0 Å². The molecule has 0 aromatic heterocycles. The first-order chi connectivity index (χ1) is 9.39. The lowest BCUT2D eigenvalue weighted by Gasteiger charge is -2.18. The average Bonchev–Trinajstić information content (AvgIpc) is 2.34. The molecular formula is C14H23FN2O2S. The minimum absolute atomic E-state index is 0.103. The molecule has 0 bridgehead atoms. The van der Waals surface area contributed by atoms with Crippen LogP contribution in [-0.2, 0) is 10.0 Å². The third kappa shape index (κ3) is 5.09. The maximum Gasteiger partial charge on any atom is 0.240 e. The Hall–Kier alpha value is -1.14. The largest absolute Gasteiger partial charge is 0.399 e. The number of rotatable bonds is 8. The first-order valence-electron chi connectivity index (χ1n) is 6.97. The van der Waals surface area contributed by atoms with Crippen LogP contribution in [0.3, 0.4) is 0 Å². The van der Waals surface area contributed by atoms with Gasteiger partial charge >= 0.3 is 0 Å². The third-order valence-electron chi connectivity index (χ3n) is 3.07. The lowest BCUT2D eigenvalue weighted by atomic mass is 10.1. The van der Waals surface area contributed by atoms with Crippen molar-refractivity contribution in [1.29, 1.82) is 0 Å². The lowest BCUT2D eigenvalue weighted by Crippen LogP contribution is -2.34. The van der Waals surface area contributed by atoms with Crippen LogP contribution in [-0.4, -0.2) is 14.5 Å². The fourth-order valence-corrected chi connectivity index (χ4v) is 3.46. The van der Waals surface area contributed by atoms with Crippen LogP contribution < -0.4 is 10.5 Å². The number of unbranched alkanes of at least 4 members (excludes halogenated alkanes) is 1. The molecule has 1 aromatic rings. The fourth-order valence-electron chi connectivity index (χ4n) is 2.09. The number of nitrogens with two attached hydrogens (primary N) is 1. The molecule has 6 heteroatoms. The molecule has 3 N–H and O–H groups in total. The molecule has 0 spiro atoms. The monoisotopic (exact) mass is 302 g/mol. The van der Waals surface area contributed by atoms with E-state index in [1.54, 1.807) is 0 Å². The molecular weight excluding hydrogens is 279 g/mol. The molecule has 1 unspecified atom stereocenters. The number of benzene rings is 1. The minimum atomic E-state index is -3.73. The molecule has 0 aliphatic carbocycles. The maximum atomic E-state index is 13.3. The van der Waals surface area contributed by atoms with Gasteiger partial charge in [-0.15, -0.1) is 0 Å². The highest BCUT2D eigenvalue weighted by Gasteiger charge is 2.20. The summed E-state index contributed by atoms with van der Waals surface area (Å²) >= 11 is 0. The van der Waals surface area contributed by atoms with Gasteiger partial charge in [-0.25, -0.2) is 17.5 Å². The van der Waals surface area contributed by atoms with Crippen LogP contribution in [0.5, 0.6) is 0 Å². The second-order valence-corrected chi connectivity index (χ2v) is 6.68. The van der Waals surface area contributed by atoms with Crippen molar-refractivity contribution in [1.82, 2.24) is 4.72 Å². The molecule has 0 heterocycles. The van der Waals surface area contributed by atoms with Crippen LogP contribution >= 0.6 is 0 Å². The topological polar surface area (TPSA) is 72.2 Å². The Labute approximate surface area is 120 Å². The van der Waals surface area contributed by atoms with Crippen LogP contribution in [0.15, 0.2) is 23.1 Å². The van der Waals surface area contributed by atoms with Crippen LogP contribution in [0, 0.1) is 5.82 Å². The first kappa shape index (κ1) is 16.9. The number of nitrogens with one attached hydrogen (secondary N) is 1. The summed E-state index contributed by atoms with van der Waals surface area (Å²) in [6, 6.07) is 3.24. The van der Waals surface area contributed by atoms with Gasteiger partial charge in [0.05, 0.1) is 4.90 Å². The van der Waals surface area contributed by atoms with E-state index in [-0.39, 0.29) is 16.6 Å². The molecule has 0 aliphatic rings. The van der Waals surface area contributed by atoms with Gasteiger partial charge in [0, 0.05) is 11.7 Å². The molecule has 1 aromatic carbocycles. The number of hydrogen-bond acceptors (Lipinski definition) is 3. The van der Waals surface area contributed by atoms with Crippen molar-refractivity contribution in [3.8, 4) is 0 Å². The van der Waals surface area contributed by atoms with Gasteiger partial charge in [0.2, 0.25) is 10.0 Å². The van der Waals surface area contributed by atoms with E-state index in [0.29, 0.717) is 0 Å². The van der Waals surface area contributed by atoms with E-state index >= 15 is 0 Å². The van der Waals surface area contributed by atoms with Crippen LogP contribution in [0.1, 0.15) is 46.0 Å². The number of nitrogen functional groups attached to an aromatic ring is 1. The van der Waals surface area contributed by atoms with Crippen molar-refractivity contribution in [2.24, 2.45) is 0 Å². The molecule has 20 heavy (non-hydrogen) atoms. The second kappa shape index (κ2) is 7.59. The highest BCUT2D eigenvalue weighted by atomic mass is 32.2. The Balaban J connectivity index is 2.90. The number of hydrogen-bond donors (Lipinski definition) is 2. The maximum absolute atomic E-state index is 13.3. The van der Waals surface area contributed by atoms with Gasteiger partial charge in [-0.1, -0.05) is 33.1 Å². The van der Waals surface area contributed by atoms with E-state index < -0.39 is 15.8 Å². The quantitative estimate of drug-likeness (QED) is 0.725. The van der Waals surface area contributed by atoms with Gasteiger partial charge in [-0.2, -0.15) is 0 Å². The Kier molecular flexibility index (Phi) is 6.42. The number of halogens is 1. The predicted molar refractivity (Wildman–Crippen MR) is 79.4 cm³/mol. The van der Waals surface area contributed by atoms with Crippen molar-refractivity contribution in [2.45, 2.75) is 56.9 Å². The molecule has 4 nitrogen and oxygen atoms in total. The van der Waals surface area contributed by atoms with Gasteiger partial charge in [0.15, 0.2) is 0 Å². The summed E-state index contributed by atoms with van der Waals surface area (Å²) in [5.41, 5.74) is 5.60. The first-order valence-corrected chi connectivity index (χ1v) is 8.45. The summed E-state index contributed by atoms with van der Waals surface area (Å²) in [5.74, 6) is -0.647. The van der Waals surface area contributed by atoms with Crippen molar-refractivity contribution >= 4 is 15.7 Å². The number of anilines is 1. The summed E-state index contributed by atoms with van der Waals surface area (Å²) < 4.78 is 40.4. The molecule has 0 fully saturated rings. The average molecular weight is 302 g/mol. The highest BCUT2D eigenvalue weighted by molar-refractivity contribution is 7.89. The standard InChI is InChI=1S/C14H23FN2O2S/c1-3-5-7-13(6-4-2)17-20(18,19)14-9-11(15)8-12(16)10-14/h8-10,13,17H,3-7,16H2,1-2H3. The second-order valence-electron chi connectivity index (χ2n) is 4.97. The smallest absolute Gasteiger partial charge is 0.240 e. The predicted octanol–water partition coefficient (Wildman–Crippen LogP) is 3.05. The third-order valence-corrected chi connectivity index (χ3v) is 4.57. The van der Waals surface area contributed by atoms with Crippen molar-refractivity contribution in [3.63, 3.8) is 0 Å². The summed E-state index contributed by atoms with van der Waals surface area (Å²) in [5, 5.41) is 0. The Morgan fingerprint density at radius 3 is 2.45 bits per heavy atom. The molecule has 0 radical (unpaired) electrons. The van der Waals surface area contributed by atoms with Crippen molar-refractivity contribution < 1.29 is 12.8 Å². The zero-order valence-corrected chi connectivity index (χ0v) is 12.8. The van der Waals surface area contributed by atoms with Crippen molar-refractivity contribution in [3.05, 3.63) is 24.0 Å². The van der Waals surface area contributed by atoms with E-state index in [1.807, 2.05) is 6.92 Å². The highest BCUT2D eigenvalue weighted by Crippen LogP contribution is 2.18. The summed E-state index contributed by atoms with van der Waals surface area (Å²) in [6.45, 7) is 4.07. The number of sulfonamides is 1. The molecule has 0 aliphatic heterocycles. The molecule has 0 saturated carbocycles. The van der Waals surface area contributed by atoms with E-state index in [4.69, 9.17) is 5.73 Å². The summed E-state index contributed by atoms with van der Waals surface area (Å²) in [7, 11) is -3.73. The Bertz CT molecular complexity index is 512. The van der Waals surface area contributed by atoms with E-state index in [9.17, 15) is 12.8 Å². The van der Waals surface area contributed by atoms with E-state index in [0.717, 1.165) is 44.2 Å². The summed E-state index contributed by atoms with van der Waals surface area (Å²) in [6.07, 6.45) is 4.41. The van der Waals surface area contributed by atoms with Gasteiger partial charge in [-0.3, -0.25) is 0 Å². The minimum Gasteiger partial charge on any atom is -0.399 e. The Morgan fingerprint density at radius 1 is 1.20 bits per heavy atom. The normalized spacial score (nSPS) is 13.3. The zero-order chi connectivity index (χ0) is 15.2. The van der Waals surface area contributed by atoms with Crippen LogP contribution in [0.2, 0.25) is 0 Å². The molecule has 114 valence electrons. The molecule has 1 atom stereocenters. The summed E-state index contributed by atoms with van der Waals surface area (Å²) in [4.78, 5) is -0.118. The van der Waals surface area contributed by atoms with Crippen LogP contribution in [0.4, 0.5) is 10.1 Å². The van der Waals surface area contributed by atoms with Crippen molar-refractivity contribution in [2.75, 3.05) is 5.73 Å². The van der Waals surface area contributed by atoms with Crippen LogP contribution in [0.25, 0.3) is 0 Å². The van der Waals surface area contributed by atoms with Gasteiger partial charge in [0.1, 0.15) is 5.82 Å². The lowest BCUT2D eigenvalue weighted by molar-refractivity contribution is 0.483. The van der Waals surface area contributed by atoms with E-state index in [2.05, 4.69) is 11.6 Å². The Morgan fingerprint density at radius 2 is 1.90 bits per heavy atom.